The lowest BCUT2D eigenvalue weighted by atomic mass is 10.1. The molecule has 0 saturated heterocycles. The number of hydrogen-bond acceptors (Lipinski definition) is 3. The van der Waals surface area contributed by atoms with Crippen LogP contribution in [-0.2, 0) is 19.6 Å². The molecule has 20 heavy (non-hydrogen) atoms. The van der Waals surface area contributed by atoms with E-state index in [1.807, 2.05) is 44.2 Å². The molecule has 0 bridgehead atoms. The van der Waals surface area contributed by atoms with Crippen molar-refractivity contribution in [1.82, 2.24) is 5.32 Å². The molecule has 4 nitrogen and oxygen atoms in total. The Labute approximate surface area is 118 Å². The second-order valence-electron chi connectivity index (χ2n) is 4.69. The van der Waals surface area contributed by atoms with Gasteiger partial charge in [0.2, 0.25) is 0 Å². The van der Waals surface area contributed by atoms with Gasteiger partial charge in [0.25, 0.3) is 5.91 Å². The first kappa shape index (κ1) is 14.3. The molecule has 106 valence electrons. The molecule has 1 heterocycles. The summed E-state index contributed by atoms with van der Waals surface area (Å²) in [4.78, 5) is 12.1. The van der Waals surface area contributed by atoms with Crippen LogP contribution in [0.3, 0.4) is 0 Å². The van der Waals surface area contributed by atoms with Gasteiger partial charge in [-0.15, -0.1) is 0 Å². The highest BCUT2D eigenvalue weighted by molar-refractivity contribution is 5.92. The number of carbonyl (C=O) groups is 1. The number of aliphatic hydroxyl groups is 1. The Kier molecular flexibility index (Phi) is 4.58. The standard InChI is InChI=1S/C16H19NO3/c1-3-14-8-11(2)15(20-14)16(19)17-9-12-6-4-5-7-13(12)10-18/h4-8,18H,3,9-10H2,1-2H3,(H,17,19). The summed E-state index contributed by atoms with van der Waals surface area (Å²) in [6, 6.07) is 9.36. The van der Waals surface area contributed by atoms with Crippen molar-refractivity contribution in [2.75, 3.05) is 0 Å². The Morgan fingerprint density at radius 1 is 1.30 bits per heavy atom. The third-order valence-electron chi connectivity index (χ3n) is 3.25. The van der Waals surface area contributed by atoms with E-state index in [0.29, 0.717) is 12.3 Å². The summed E-state index contributed by atoms with van der Waals surface area (Å²) in [5, 5.41) is 12.1. The summed E-state index contributed by atoms with van der Waals surface area (Å²) in [6.45, 7) is 4.18. The predicted octanol–water partition coefficient (Wildman–Crippen LogP) is 2.57. The predicted molar refractivity (Wildman–Crippen MR) is 76.4 cm³/mol. The molecule has 0 spiro atoms. The van der Waals surface area contributed by atoms with Gasteiger partial charge in [0.1, 0.15) is 5.76 Å². The van der Waals surface area contributed by atoms with Crippen LogP contribution >= 0.6 is 0 Å². The summed E-state index contributed by atoms with van der Waals surface area (Å²) in [5.74, 6) is 0.946. The highest BCUT2D eigenvalue weighted by Gasteiger charge is 2.15. The van der Waals surface area contributed by atoms with Gasteiger partial charge in [-0.05, 0) is 24.1 Å². The number of aliphatic hydroxyl groups excluding tert-OH is 1. The van der Waals surface area contributed by atoms with Crippen LogP contribution in [0.5, 0.6) is 0 Å². The van der Waals surface area contributed by atoms with E-state index in [1.54, 1.807) is 0 Å². The lowest BCUT2D eigenvalue weighted by molar-refractivity contribution is 0.0920. The van der Waals surface area contributed by atoms with Gasteiger partial charge in [-0.1, -0.05) is 31.2 Å². The molecule has 1 aromatic heterocycles. The minimum Gasteiger partial charge on any atom is -0.456 e. The Balaban J connectivity index is 2.06. The number of hydrogen-bond donors (Lipinski definition) is 2. The zero-order valence-corrected chi connectivity index (χ0v) is 11.8. The molecule has 0 aliphatic heterocycles. The molecule has 2 N–H and O–H groups in total. The molecule has 2 aromatic rings. The molecule has 0 aliphatic carbocycles. The van der Waals surface area contributed by atoms with Crippen LogP contribution in [0.25, 0.3) is 0 Å². The molecule has 0 fully saturated rings. The van der Waals surface area contributed by atoms with Crippen LogP contribution in [0.2, 0.25) is 0 Å². The number of benzene rings is 1. The quantitative estimate of drug-likeness (QED) is 0.880. The first-order valence-electron chi connectivity index (χ1n) is 6.70. The van der Waals surface area contributed by atoms with Crippen molar-refractivity contribution in [1.29, 1.82) is 0 Å². The van der Waals surface area contributed by atoms with Gasteiger partial charge < -0.3 is 14.8 Å². The van der Waals surface area contributed by atoms with E-state index < -0.39 is 0 Å². The molecular weight excluding hydrogens is 254 g/mol. The first-order chi connectivity index (χ1) is 9.65. The SMILES string of the molecule is CCc1cc(C)c(C(=O)NCc2ccccc2CO)o1. The smallest absolute Gasteiger partial charge is 0.287 e. The summed E-state index contributed by atoms with van der Waals surface area (Å²) < 4.78 is 5.51. The van der Waals surface area contributed by atoms with Crippen molar-refractivity contribution in [3.8, 4) is 0 Å². The molecule has 0 atom stereocenters. The number of amides is 1. The van der Waals surface area contributed by atoms with Gasteiger partial charge in [-0.25, -0.2) is 0 Å². The lowest BCUT2D eigenvalue weighted by Crippen LogP contribution is -2.23. The maximum Gasteiger partial charge on any atom is 0.287 e. The number of nitrogens with one attached hydrogen (secondary N) is 1. The van der Waals surface area contributed by atoms with Crippen molar-refractivity contribution in [2.45, 2.75) is 33.4 Å². The summed E-state index contributed by atoms with van der Waals surface area (Å²) >= 11 is 0. The summed E-state index contributed by atoms with van der Waals surface area (Å²) in [7, 11) is 0. The zero-order valence-electron chi connectivity index (χ0n) is 11.8. The third-order valence-corrected chi connectivity index (χ3v) is 3.25. The van der Waals surface area contributed by atoms with Gasteiger partial charge in [0.15, 0.2) is 5.76 Å². The fourth-order valence-corrected chi connectivity index (χ4v) is 2.09. The number of furan rings is 1. The van der Waals surface area contributed by atoms with Crippen molar-refractivity contribution in [3.05, 3.63) is 58.5 Å². The molecule has 0 unspecified atom stereocenters. The fourth-order valence-electron chi connectivity index (χ4n) is 2.09. The molecule has 0 saturated carbocycles. The van der Waals surface area contributed by atoms with Crippen LogP contribution in [0, 0.1) is 6.92 Å². The Morgan fingerprint density at radius 2 is 2.00 bits per heavy atom. The zero-order chi connectivity index (χ0) is 14.5. The van der Waals surface area contributed by atoms with Gasteiger partial charge in [-0.2, -0.15) is 0 Å². The van der Waals surface area contributed by atoms with Gasteiger partial charge in [0, 0.05) is 18.5 Å². The van der Waals surface area contributed by atoms with Crippen LogP contribution < -0.4 is 5.32 Å². The second kappa shape index (κ2) is 6.39. The molecule has 1 amide bonds. The van der Waals surface area contributed by atoms with Crippen molar-refractivity contribution >= 4 is 5.91 Å². The average Bonchev–Trinajstić information content (AvgIpc) is 2.86. The highest BCUT2D eigenvalue weighted by Crippen LogP contribution is 2.15. The summed E-state index contributed by atoms with van der Waals surface area (Å²) in [5.41, 5.74) is 2.57. The largest absolute Gasteiger partial charge is 0.456 e. The Bertz CT molecular complexity index is 602. The lowest BCUT2D eigenvalue weighted by Gasteiger charge is -2.08. The van der Waals surface area contributed by atoms with Gasteiger partial charge >= 0.3 is 0 Å². The van der Waals surface area contributed by atoms with E-state index in [0.717, 1.165) is 28.9 Å². The first-order valence-corrected chi connectivity index (χ1v) is 6.70. The molecule has 4 heteroatoms. The maximum atomic E-state index is 12.1. The van der Waals surface area contributed by atoms with E-state index in [4.69, 9.17) is 4.42 Å². The van der Waals surface area contributed by atoms with E-state index in [1.165, 1.54) is 0 Å². The van der Waals surface area contributed by atoms with Crippen molar-refractivity contribution in [3.63, 3.8) is 0 Å². The van der Waals surface area contributed by atoms with Crippen LogP contribution in [0.15, 0.2) is 34.7 Å². The van der Waals surface area contributed by atoms with Crippen molar-refractivity contribution < 1.29 is 14.3 Å². The number of rotatable bonds is 5. The molecule has 1 aromatic carbocycles. The minimum absolute atomic E-state index is 0.0359. The van der Waals surface area contributed by atoms with E-state index in [9.17, 15) is 9.90 Å². The minimum atomic E-state index is -0.227. The fraction of sp³-hybridized carbons (Fsp3) is 0.312. The number of aryl methyl sites for hydroxylation is 2. The highest BCUT2D eigenvalue weighted by atomic mass is 16.4. The van der Waals surface area contributed by atoms with Crippen LogP contribution in [-0.4, -0.2) is 11.0 Å². The average molecular weight is 273 g/mol. The Hall–Kier alpha value is -2.07. The van der Waals surface area contributed by atoms with Crippen LogP contribution in [0.1, 0.15) is 39.9 Å². The van der Waals surface area contributed by atoms with Crippen molar-refractivity contribution in [2.24, 2.45) is 0 Å². The molecule has 2 rings (SSSR count). The van der Waals surface area contributed by atoms with E-state index >= 15 is 0 Å². The van der Waals surface area contributed by atoms with Gasteiger partial charge in [0.05, 0.1) is 6.61 Å². The molecule has 0 radical (unpaired) electrons. The topological polar surface area (TPSA) is 62.5 Å². The van der Waals surface area contributed by atoms with Crippen LogP contribution in [0.4, 0.5) is 0 Å². The number of carbonyl (C=O) groups excluding carboxylic acids is 1. The maximum absolute atomic E-state index is 12.1. The van der Waals surface area contributed by atoms with Gasteiger partial charge in [-0.3, -0.25) is 4.79 Å². The normalized spacial score (nSPS) is 10.6. The molecule has 0 aliphatic rings. The van der Waals surface area contributed by atoms with E-state index in [-0.39, 0.29) is 12.5 Å². The molecular formula is C16H19NO3. The monoisotopic (exact) mass is 273 g/mol. The second-order valence-corrected chi connectivity index (χ2v) is 4.69. The summed E-state index contributed by atoms with van der Waals surface area (Å²) in [6.07, 6.45) is 0.765. The third kappa shape index (κ3) is 3.08. The Morgan fingerprint density at radius 3 is 2.60 bits per heavy atom. The van der Waals surface area contributed by atoms with E-state index in [2.05, 4.69) is 5.32 Å².